The minimum Gasteiger partial charge on any atom is -0.391 e. The van der Waals surface area contributed by atoms with Crippen molar-refractivity contribution in [2.75, 3.05) is 13.1 Å². The Morgan fingerprint density at radius 3 is 2.53 bits per heavy atom. The van der Waals surface area contributed by atoms with Crippen molar-refractivity contribution < 1.29 is 13.5 Å². The van der Waals surface area contributed by atoms with Gasteiger partial charge in [0.05, 0.1) is 11.5 Å². The standard InChI is InChI=1S/C13H21NO3S2/c1-3-11-4-6-14(7-5-11)19(16,17)13-8-12(9-15)18-10(13)2/h8,11,15H,3-7,9H2,1-2H3. The van der Waals surface area contributed by atoms with Crippen LogP contribution in [0.3, 0.4) is 0 Å². The number of nitrogens with zero attached hydrogens (tertiary/aromatic N) is 1. The average Bonchev–Trinajstić information content (AvgIpc) is 2.81. The van der Waals surface area contributed by atoms with Gasteiger partial charge in [-0.15, -0.1) is 11.3 Å². The van der Waals surface area contributed by atoms with Crippen molar-refractivity contribution in [1.82, 2.24) is 4.31 Å². The maximum Gasteiger partial charge on any atom is 0.244 e. The monoisotopic (exact) mass is 303 g/mol. The van der Waals surface area contributed by atoms with Gasteiger partial charge in [0.25, 0.3) is 0 Å². The third-order valence-corrected chi connectivity index (χ3v) is 7.04. The highest BCUT2D eigenvalue weighted by Crippen LogP contribution is 2.31. The van der Waals surface area contributed by atoms with E-state index in [1.807, 2.05) is 0 Å². The molecule has 1 fully saturated rings. The highest BCUT2D eigenvalue weighted by Gasteiger charge is 2.30. The van der Waals surface area contributed by atoms with Crippen LogP contribution in [0.5, 0.6) is 0 Å². The molecule has 1 aromatic heterocycles. The second kappa shape index (κ2) is 5.91. The number of hydrogen-bond donors (Lipinski definition) is 1. The van der Waals surface area contributed by atoms with Gasteiger partial charge in [-0.1, -0.05) is 13.3 Å². The highest BCUT2D eigenvalue weighted by molar-refractivity contribution is 7.89. The first kappa shape index (κ1) is 15.0. The van der Waals surface area contributed by atoms with Gasteiger partial charge in [0.2, 0.25) is 10.0 Å². The van der Waals surface area contributed by atoms with Crippen LogP contribution >= 0.6 is 11.3 Å². The predicted molar refractivity (Wildman–Crippen MR) is 76.8 cm³/mol. The summed E-state index contributed by atoms with van der Waals surface area (Å²) in [5, 5.41) is 9.12. The van der Waals surface area contributed by atoms with E-state index in [2.05, 4.69) is 6.92 Å². The lowest BCUT2D eigenvalue weighted by Crippen LogP contribution is -2.38. The van der Waals surface area contributed by atoms with Gasteiger partial charge in [0.15, 0.2) is 0 Å². The number of rotatable bonds is 4. The molecule has 0 spiro atoms. The zero-order chi connectivity index (χ0) is 14.0. The van der Waals surface area contributed by atoms with E-state index in [4.69, 9.17) is 5.11 Å². The second-order valence-corrected chi connectivity index (χ2v) is 8.29. The number of aliphatic hydroxyl groups is 1. The van der Waals surface area contributed by atoms with Crippen LogP contribution in [0.4, 0.5) is 0 Å². The Kier molecular flexibility index (Phi) is 4.66. The third-order valence-electron chi connectivity index (χ3n) is 3.85. The molecule has 1 saturated heterocycles. The largest absolute Gasteiger partial charge is 0.391 e. The van der Waals surface area contributed by atoms with Crippen molar-refractivity contribution in [3.8, 4) is 0 Å². The molecule has 1 aromatic rings. The van der Waals surface area contributed by atoms with Gasteiger partial charge in [0.1, 0.15) is 0 Å². The van der Waals surface area contributed by atoms with Crippen LogP contribution in [0.1, 0.15) is 35.9 Å². The fourth-order valence-corrected chi connectivity index (χ4v) is 5.49. The van der Waals surface area contributed by atoms with E-state index in [0.717, 1.165) is 24.1 Å². The lowest BCUT2D eigenvalue weighted by Gasteiger charge is -2.30. The molecule has 0 saturated carbocycles. The molecule has 2 rings (SSSR count). The van der Waals surface area contributed by atoms with Crippen molar-refractivity contribution in [3.05, 3.63) is 15.8 Å². The molecule has 4 nitrogen and oxygen atoms in total. The van der Waals surface area contributed by atoms with Crippen LogP contribution in [-0.2, 0) is 16.6 Å². The Hall–Kier alpha value is -0.430. The van der Waals surface area contributed by atoms with Crippen LogP contribution in [0.25, 0.3) is 0 Å². The molecule has 0 radical (unpaired) electrons. The summed E-state index contributed by atoms with van der Waals surface area (Å²) in [5.74, 6) is 0.656. The van der Waals surface area contributed by atoms with Gasteiger partial charge in [-0.05, 0) is 31.7 Å². The average molecular weight is 303 g/mol. The number of sulfonamides is 1. The SMILES string of the molecule is CCC1CCN(S(=O)(=O)c2cc(CO)sc2C)CC1. The molecule has 6 heteroatoms. The second-order valence-electron chi connectivity index (χ2n) is 5.05. The first-order valence-corrected chi connectivity index (χ1v) is 8.95. The highest BCUT2D eigenvalue weighted by atomic mass is 32.2. The molecule has 0 aliphatic carbocycles. The summed E-state index contributed by atoms with van der Waals surface area (Å²) in [6.07, 6.45) is 3.03. The van der Waals surface area contributed by atoms with Crippen molar-refractivity contribution in [2.24, 2.45) is 5.92 Å². The topological polar surface area (TPSA) is 57.6 Å². The molecule has 108 valence electrons. The number of aliphatic hydroxyl groups excluding tert-OH is 1. The van der Waals surface area contributed by atoms with Crippen molar-refractivity contribution in [3.63, 3.8) is 0 Å². The third kappa shape index (κ3) is 3.02. The molecular weight excluding hydrogens is 282 g/mol. The molecule has 0 bridgehead atoms. The van der Waals surface area contributed by atoms with Gasteiger partial charge >= 0.3 is 0 Å². The maximum atomic E-state index is 12.6. The molecule has 2 heterocycles. The molecule has 1 N–H and O–H groups in total. The molecule has 19 heavy (non-hydrogen) atoms. The van der Waals surface area contributed by atoms with Crippen LogP contribution in [-0.4, -0.2) is 30.9 Å². The Morgan fingerprint density at radius 1 is 1.42 bits per heavy atom. The summed E-state index contributed by atoms with van der Waals surface area (Å²) >= 11 is 1.35. The number of piperidine rings is 1. The van der Waals surface area contributed by atoms with Crippen molar-refractivity contribution >= 4 is 21.4 Å². The van der Waals surface area contributed by atoms with Gasteiger partial charge in [0, 0.05) is 22.8 Å². The van der Waals surface area contributed by atoms with Crippen LogP contribution in [0.2, 0.25) is 0 Å². The first-order chi connectivity index (χ1) is 8.98. The summed E-state index contributed by atoms with van der Waals surface area (Å²) in [5.41, 5.74) is 0. The summed E-state index contributed by atoms with van der Waals surface area (Å²) in [6.45, 7) is 5.09. The Bertz CT molecular complexity index is 528. The molecule has 1 aliphatic heterocycles. The Labute approximate surface area is 119 Å². The molecule has 0 aromatic carbocycles. The van der Waals surface area contributed by atoms with Crippen molar-refractivity contribution in [1.29, 1.82) is 0 Å². The quantitative estimate of drug-likeness (QED) is 0.929. The van der Waals surface area contributed by atoms with Crippen LogP contribution < -0.4 is 0 Å². The minimum absolute atomic E-state index is 0.0983. The summed E-state index contributed by atoms with van der Waals surface area (Å²) in [7, 11) is -3.38. The van der Waals surface area contributed by atoms with E-state index in [-0.39, 0.29) is 6.61 Å². The first-order valence-electron chi connectivity index (χ1n) is 6.69. The van der Waals surface area contributed by atoms with Gasteiger partial charge in [-0.3, -0.25) is 0 Å². The van der Waals surface area contributed by atoms with Gasteiger partial charge < -0.3 is 5.11 Å². The zero-order valence-corrected chi connectivity index (χ0v) is 13.1. The smallest absolute Gasteiger partial charge is 0.244 e. The Morgan fingerprint density at radius 2 is 2.05 bits per heavy atom. The van der Waals surface area contributed by atoms with Crippen molar-refractivity contribution in [2.45, 2.75) is 44.6 Å². The number of aryl methyl sites for hydroxylation is 1. The lowest BCUT2D eigenvalue weighted by molar-refractivity contribution is 0.269. The minimum atomic E-state index is -3.38. The zero-order valence-electron chi connectivity index (χ0n) is 11.4. The van der Waals surface area contributed by atoms with E-state index in [9.17, 15) is 8.42 Å². The fourth-order valence-electron chi connectivity index (χ4n) is 2.56. The Balaban J connectivity index is 2.20. The number of thiophene rings is 1. The van der Waals surface area contributed by atoms with Gasteiger partial charge in [-0.2, -0.15) is 4.31 Å². The molecule has 0 amide bonds. The van der Waals surface area contributed by atoms with E-state index < -0.39 is 10.0 Å². The summed E-state index contributed by atoms with van der Waals surface area (Å²) < 4.78 is 26.8. The van der Waals surface area contributed by atoms with E-state index in [1.54, 1.807) is 17.3 Å². The van der Waals surface area contributed by atoms with E-state index >= 15 is 0 Å². The van der Waals surface area contributed by atoms with Crippen LogP contribution in [0.15, 0.2) is 11.0 Å². The van der Waals surface area contributed by atoms with Crippen LogP contribution in [0, 0.1) is 12.8 Å². The maximum absolute atomic E-state index is 12.6. The number of hydrogen-bond acceptors (Lipinski definition) is 4. The molecule has 0 atom stereocenters. The summed E-state index contributed by atoms with van der Waals surface area (Å²) in [6, 6.07) is 1.61. The normalized spacial score (nSPS) is 18.9. The fraction of sp³-hybridized carbons (Fsp3) is 0.692. The molecule has 0 unspecified atom stereocenters. The van der Waals surface area contributed by atoms with E-state index in [0.29, 0.717) is 28.8 Å². The molecular formula is C13H21NO3S2. The van der Waals surface area contributed by atoms with Gasteiger partial charge in [-0.25, -0.2) is 8.42 Å². The lowest BCUT2D eigenvalue weighted by atomic mass is 9.96. The summed E-state index contributed by atoms with van der Waals surface area (Å²) in [4.78, 5) is 1.85. The van der Waals surface area contributed by atoms with E-state index in [1.165, 1.54) is 11.3 Å². The molecule has 1 aliphatic rings. The predicted octanol–water partition coefficient (Wildman–Crippen LogP) is 2.36.